The lowest BCUT2D eigenvalue weighted by atomic mass is 9.84. The summed E-state index contributed by atoms with van der Waals surface area (Å²) in [5.74, 6) is 0.352. The maximum atomic E-state index is 6.12. The lowest BCUT2D eigenvalue weighted by molar-refractivity contribution is 0.589. The summed E-state index contributed by atoms with van der Waals surface area (Å²) >= 11 is 0. The number of para-hydroxylation sites is 1. The summed E-state index contributed by atoms with van der Waals surface area (Å²) < 4.78 is 2.21. The van der Waals surface area contributed by atoms with Crippen LogP contribution >= 0.6 is 0 Å². The van der Waals surface area contributed by atoms with Crippen molar-refractivity contribution in [1.29, 1.82) is 0 Å². The molecule has 2 nitrogen and oxygen atoms in total. The van der Waals surface area contributed by atoms with Crippen LogP contribution in [0.15, 0.2) is 54.7 Å². The van der Waals surface area contributed by atoms with E-state index in [-0.39, 0.29) is 5.41 Å². The minimum absolute atomic E-state index is 0.187. The Balaban J connectivity index is 1.89. The molecule has 1 atom stereocenters. The SMILES string of the molecule is Cn1cc(CC(CN)c2ccc(C(C)(C)C)cc2)c2ccccc21. The largest absolute Gasteiger partial charge is 0.350 e. The predicted octanol–water partition coefficient (Wildman–Crippen LogP) is 4.76. The Morgan fingerprint density at radius 2 is 1.67 bits per heavy atom. The Labute approximate surface area is 145 Å². The third kappa shape index (κ3) is 3.25. The Kier molecular flexibility index (Phi) is 4.51. The van der Waals surface area contributed by atoms with E-state index in [2.05, 4.69) is 87.1 Å². The summed E-state index contributed by atoms with van der Waals surface area (Å²) in [4.78, 5) is 0. The van der Waals surface area contributed by atoms with Crippen molar-refractivity contribution >= 4 is 10.9 Å². The van der Waals surface area contributed by atoms with E-state index < -0.39 is 0 Å². The fraction of sp³-hybridized carbons (Fsp3) is 0.364. The van der Waals surface area contributed by atoms with Crippen LogP contribution in [0.3, 0.4) is 0 Å². The van der Waals surface area contributed by atoms with Crippen molar-refractivity contribution in [2.75, 3.05) is 6.54 Å². The van der Waals surface area contributed by atoms with E-state index in [1.807, 2.05) is 0 Å². The quantitative estimate of drug-likeness (QED) is 0.738. The van der Waals surface area contributed by atoms with Crippen LogP contribution in [0, 0.1) is 0 Å². The lowest BCUT2D eigenvalue weighted by Crippen LogP contribution is -2.16. The van der Waals surface area contributed by atoms with E-state index in [9.17, 15) is 0 Å². The normalized spacial score (nSPS) is 13.4. The van der Waals surface area contributed by atoms with E-state index in [4.69, 9.17) is 5.73 Å². The van der Waals surface area contributed by atoms with E-state index in [0.717, 1.165) is 6.42 Å². The highest BCUT2D eigenvalue weighted by Crippen LogP contribution is 2.28. The fourth-order valence-electron chi connectivity index (χ4n) is 3.45. The molecule has 0 aliphatic rings. The highest BCUT2D eigenvalue weighted by atomic mass is 14.9. The van der Waals surface area contributed by atoms with Crippen LogP contribution in [0.4, 0.5) is 0 Å². The van der Waals surface area contributed by atoms with Crippen LogP contribution < -0.4 is 5.73 Å². The molecule has 2 heteroatoms. The number of aryl methyl sites for hydroxylation is 1. The van der Waals surface area contributed by atoms with E-state index in [1.54, 1.807) is 0 Å². The first-order chi connectivity index (χ1) is 11.4. The predicted molar refractivity (Wildman–Crippen MR) is 104 cm³/mol. The van der Waals surface area contributed by atoms with Crippen molar-refractivity contribution in [3.05, 3.63) is 71.4 Å². The van der Waals surface area contributed by atoms with Crippen molar-refractivity contribution in [1.82, 2.24) is 4.57 Å². The molecule has 0 spiro atoms. The van der Waals surface area contributed by atoms with Crippen molar-refractivity contribution in [2.24, 2.45) is 12.8 Å². The first kappa shape index (κ1) is 16.8. The van der Waals surface area contributed by atoms with Crippen LogP contribution in [-0.2, 0) is 18.9 Å². The second kappa shape index (κ2) is 6.45. The van der Waals surface area contributed by atoms with Crippen LogP contribution in [0.2, 0.25) is 0 Å². The number of benzene rings is 2. The minimum atomic E-state index is 0.187. The van der Waals surface area contributed by atoms with Gasteiger partial charge in [0.25, 0.3) is 0 Å². The van der Waals surface area contributed by atoms with E-state index in [1.165, 1.54) is 27.6 Å². The molecule has 1 unspecified atom stereocenters. The molecule has 2 N–H and O–H groups in total. The minimum Gasteiger partial charge on any atom is -0.350 e. The summed E-state index contributed by atoms with van der Waals surface area (Å²) in [6, 6.07) is 17.6. The molecular formula is C22H28N2. The topological polar surface area (TPSA) is 30.9 Å². The molecule has 0 aliphatic heterocycles. The molecule has 1 aromatic heterocycles. The van der Waals surface area contributed by atoms with E-state index in [0.29, 0.717) is 12.5 Å². The van der Waals surface area contributed by atoms with Gasteiger partial charge in [-0.15, -0.1) is 0 Å². The van der Waals surface area contributed by atoms with Crippen LogP contribution in [0.25, 0.3) is 10.9 Å². The van der Waals surface area contributed by atoms with Gasteiger partial charge in [0.1, 0.15) is 0 Å². The van der Waals surface area contributed by atoms with Gasteiger partial charge in [0.15, 0.2) is 0 Å². The Bertz CT molecular complexity index is 819. The van der Waals surface area contributed by atoms with Gasteiger partial charge in [-0.25, -0.2) is 0 Å². The first-order valence-electron chi connectivity index (χ1n) is 8.73. The molecule has 0 bridgehead atoms. The van der Waals surface area contributed by atoms with Gasteiger partial charge in [-0.05, 0) is 41.1 Å². The lowest BCUT2D eigenvalue weighted by Gasteiger charge is -2.21. The van der Waals surface area contributed by atoms with Gasteiger partial charge in [0, 0.05) is 30.1 Å². The van der Waals surface area contributed by atoms with Gasteiger partial charge in [-0.2, -0.15) is 0 Å². The molecule has 0 amide bonds. The van der Waals surface area contributed by atoms with Gasteiger partial charge in [-0.3, -0.25) is 0 Å². The van der Waals surface area contributed by atoms with Crippen LogP contribution in [0.1, 0.15) is 43.4 Å². The molecule has 126 valence electrons. The second-order valence-electron chi connectivity index (χ2n) is 7.79. The molecule has 0 fully saturated rings. The zero-order chi connectivity index (χ0) is 17.3. The molecule has 0 radical (unpaired) electrons. The molecule has 0 aliphatic carbocycles. The summed E-state index contributed by atoms with van der Waals surface area (Å²) in [5.41, 5.74) is 11.7. The third-order valence-electron chi connectivity index (χ3n) is 4.98. The van der Waals surface area contributed by atoms with Gasteiger partial charge in [0.2, 0.25) is 0 Å². The summed E-state index contributed by atoms with van der Waals surface area (Å²) in [6.45, 7) is 7.41. The molecule has 0 saturated carbocycles. The van der Waals surface area contributed by atoms with Gasteiger partial charge in [-0.1, -0.05) is 63.2 Å². The van der Waals surface area contributed by atoms with Gasteiger partial charge < -0.3 is 10.3 Å². The molecule has 0 saturated heterocycles. The monoisotopic (exact) mass is 320 g/mol. The standard InChI is InChI=1S/C22H28N2/c1-22(2,3)19-11-9-16(10-12-19)17(14-23)13-18-15-24(4)21-8-6-5-7-20(18)21/h5-12,15,17H,13-14,23H2,1-4H3. The van der Waals surface area contributed by atoms with E-state index >= 15 is 0 Å². The molecule has 24 heavy (non-hydrogen) atoms. The molecular weight excluding hydrogens is 292 g/mol. The number of rotatable bonds is 4. The van der Waals surface area contributed by atoms with Gasteiger partial charge >= 0.3 is 0 Å². The fourth-order valence-corrected chi connectivity index (χ4v) is 3.45. The maximum absolute atomic E-state index is 6.12. The number of hydrogen-bond donors (Lipinski definition) is 1. The first-order valence-corrected chi connectivity index (χ1v) is 8.73. The van der Waals surface area contributed by atoms with Crippen LogP contribution in [0.5, 0.6) is 0 Å². The number of nitrogens with zero attached hydrogens (tertiary/aromatic N) is 1. The Morgan fingerprint density at radius 1 is 1.00 bits per heavy atom. The van der Waals surface area contributed by atoms with Crippen molar-refractivity contribution < 1.29 is 0 Å². The number of aromatic nitrogens is 1. The van der Waals surface area contributed by atoms with Crippen LogP contribution in [-0.4, -0.2) is 11.1 Å². The summed E-state index contributed by atoms with van der Waals surface area (Å²) in [5, 5.41) is 1.34. The zero-order valence-corrected chi connectivity index (χ0v) is 15.2. The molecule has 2 aromatic carbocycles. The average molecular weight is 320 g/mol. The van der Waals surface area contributed by atoms with Gasteiger partial charge in [0.05, 0.1) is 0 Å². The summed E-state index contributed by atoms with van der Waals surface area (Å²) in [6.07, 6.45) is 3.23. The number of hydrogen-bond acceptors (Lipinski definition) is 1. The Hall–Kier alpha value is -2.06. The molecule has 3 rings (SSSR count). The smallest absolute Gasteiger partial charge is 0.0480 e. The molecule has 3 aromatic rings. The number of nitrogens with two attached hydrogens (primary N) is 1. The zero-order valence-electron chi connectivity index (χ0n) is 15.2. The second-order valence-corrected chi connectivity index (χ2v) is 7.79. The Morgan fingerprint density at radius 3 is 2.29 bits per heavy atom. The number of fused-ring (bicyclic) bond motifs is 1. The van der Waals surface area contributed by atoms with Crippen molar-refractivity contribution in [3.63, 3.8) is 0 Å². The van der Waals surface area contributed by atoms with Crippen molar-refractivity contribution in [3.8, 4) is 0 Å². The average Bonchev–Trinajstić information content (AvgIpc) is 2.88. The highest BCUT2D eigenvalue weighted by molar-refractivity contribution is 5.84. The third-order valence-corrected chi connectivity index (χ3v) is 4.98. The van der Waals surface area contributed by atoms with Crippen molar-refractivity contribution in [2.45, 2.75) is 38.5 Å². The highest BCUT2D eigenvalue weighted by Gasteiger charge is 2.17. The molecule has 1 heterocycles. The maximum Gasteiger partial charge on any atom is 0.0480 e. The summed E-state index contributed by atoms with van der Waals surface area (Å²) in [7, 11) is 2.11.